The van der Waals surface area contributed by atoms with Gasteiger partial charge in [-0.1, -0.05) is 12.8 Å². The van der Waals surface area contributed by atoms with Crippen LogP contribution in [0.2, 0.25) is 0 Å². The van der Waals surface area contributed by atoms with Gasteiger partial charge in [0.2, 0.25) is 0 Å². The van der Waals surface area contributed by atoms with Gasteiger partial charge >= 0.3 is 0 Å². The standard InChI is InChI=1S/C10H15N2/c11-12-9-5-1-2-6-10(9)7-3-4-8-10/h7H,1-6,8H2. The number of hydrogen-bond donors (Lipinski definition) is 0. The molecule has 2 heteroatoms. The third kappa shape index (κ3) is 1.11. The van der Waals surface area contributed by atoms with Crippen LogP contribution in [0.1, 0.15) is 44.9 Å². The van der Waals surface area contributed by atoms with Crippen LogP contribution in [0.15, 0.2) is 0 Å². The zero-order valence-corrected chi connectivity index (χ0v) is 7.42. The molecule has 0 aromatic carbocycles. The van der Waals surface area contributed by atoms with E-state index < -0.39 is 0 Å². The molecule has 2 nitrogen and oxygen atoms in total. The van der Waals surface area contributed by atoms with E-state index in [1.807, 2.05) is 0 Å². The first-order chi connectivity index (χ1) is 5.87. The van der Waals surface area contributed by atoms with Gasteiger partial charge in [-0.15, -0.1) is 0 Å². The Labute approximate surface area is 73.6 Å². The minimum Gasteiger partial charge on any atom is -0.362 e. The van der Waals surface area contributed by atoms with Crippen molar-refractivity contribution < 1.29 is 4.79 Å². The molecule has 2 aliphatic rings. The van der Waals surface area contributed by atoms with E-state index in [4.69, 9.17) is 5.53 Å². The highest BCUT2D eigenvalue weighted by atomic mass is 14.9. The smallest absolute Gasteiger partial charge is 0.275 e. The van der Waals surface area contributed by atoms with Crippen LogP contribution in [0.5, 0.6) is 0 Å². The summed E-state index contributed by atoms with van der Waals surface area (Å²) in [6.45, 7) is 0. The average Bonchev–Trinajstić information content (AvgIpc) is 2.55. The fourth-order valence-electron chi connectivity index (χ4n) is 2.66. The molecule has 2 fully saturated rings. The fourth-order valence-corrected chi connectivity index (χ4v) is 2.66. The van der Waals surface area contributed by atoms with E-state index in [9.17, 15) is 0 Å². The van der Waals surface area contributed by atoms with Crippen molar-refractivity contribution in [1.29, 1.82) is 0 Å². The van der Waals surface area contributed by atoms with Gasteiger partial charge < -0.3 is 5.53 Å². The van der Waals surface area contributed by atoms with E-state index >= 15 is 0 Å². The second-order valence-corrected chi connectivity index (χ2v) is 4.01. The van der Waals surface area contributed by atoms with Crippen LogP contribution < -0.4 is 0 Å². The van der Waals surface area contributed by atoms with Gasteiger partial charge in [-0.05, 0) is 32.1 Å². The van der Waals surface area contributed by atoms with Gasteiger partial charge in [-0.2, -0.15) is 4.79 Å². The van der Waals surface area contributed by atoms with Crippen molar-refractivity contribution in [3.8, 4) is 0 Å². The van der Waals surface area contributed by atoms with Crippen molar-refractivity contribution in [3.63, 3.8) is 0 Å². The highest BCUT2D eigenvalue weighted by molar-refractivity contribution is 5.87. The molecule has 0 amide bonds. The molecular formula is C10H15N2. The summed E-state index contributed by atoms with van der Waals surface area (Å²) in [5.74, 6) is 0. The molecule has 0 aromatic heterocycles. The molecule has 2 rings (SSSR count). The maximum absolute atomic E-state index is 8.88. The van der Waals surface area contributed by atoms with Crippen molar-refractivity contribution in [2.24, 2.45) is 5.41 Å². The summed E-state index contributed by atoms with van der Waals surface area (Å²) in [7, 11) is 0. The van der Waals surface area contributed by atoms with E-state index in [1.165, 1.54) is 38.5 Å². The second kappa shape index (κ2) is 3.02. The molecule has 0 aliphatic heterocycles. The first-order valence-electron chi connectivity index (χ1n) is 4.93. The first kappa shape index (κ1) is 8.00. The van der Waals surface area contributed by atoms with Crippen molar-refractivity contribution in [1.82, 2.24) is 0 Å². The molecule has 12 heavy (non-hydrogen) atoms. The molecule has 2 aliphatic carbocycles. The Balaban J connectivity index is 2.24. The van der Waals surface area contributed by atoms with Gasteiger partial charge in [0.25, 0.3) is 5.71 Å². The maximum atomic E-state index is 8.88. The highest BCUT2D eigenvalue weighted by Crippen LogP contribution is 2.45. The number of hydrogen-bond acceptors (Lipinski definition) is 0. The zero-order valence-electron chi connectivity index (χ0n) is 7.42. The molecule has 0 bridgehead atoms. The Bertz CT molecular complexity index is 220. The summed E-state index contributed by atoms with van der Waals surface area (Å²) in [5.41, 5.74) is 10.1. The van der Waals surface area contributed by atoms with Crippen molar-refractivity contribution in [2.45, 2.75) is 44.9 Å². The molecule has 1 unspecified atom stereocenters. The van der Waals surface area contributed by atoms with Gasteiger partial charge in [-0.25, -0.2) is 0 Å². The van der Waals surface area contributed by atoms with Crippen molar-refractivity contribution in [2.75, 3.05) is 0 Å². The lowest BCUT2D eigenvalue weighted by atomic mass is 9.71. The molecule has 2 saturated carbocycles. The third-order valence-electron chi connectivity index (χ3n) is 3.34. The second-order valence-electron chi connectivity index (χ2n) is 4.01. The van der Waals surface area contributed by atoms with Gasteiger partial charge in [0.1, 0.15) is 0 Å². The van der Waals surface area contributed by atoms with E-state index in [1.54, 1.807) is 0 Å². The van der Waals surface area contributed by atoms with Crippen LogP contribution >= 0.6 is 0 Å². The van der Waals surface area contributed by atoms with E-state index in [0.29, 0.717) is 0 Å². The Morgan fingerprint density at radius 3 is 2.75 bits per heavy atom. The summed E-state index contributed by atoms with van der Waals surface area (Å²) < 4.78 is 0. The predicted octanol–water partition coefficient (Wildman–Crippen LogP) is 2.61. The van der Waals surface area contributed by atoms with E-state index in [0.717, 1.165) is 12.1 Å². The normalized spacial score (nSPS) is 27.5. The highest BCUT2D eigenvalue weighted by Gasteiger charge is 2.45. The minimum absolute atomic E-state index is 0.215. The summed E-state index contributed by atoms with van der Waals surface area (Å²) in [6, 6.07) is 0. The molecule has 1 atom stereocenters. The summed E-state index contributed by atoms with van der Waals surface area (Å²) in [4.78, 5) is 3.47. The summed E-state index contributed by atoms with van der Waals surface area (Å²) in [6.07, 6.45) is 10.8. The Morgan fingerprint density at radius 2 is 2.08 bits per heavy atom. The van der Waals surface area contributed by atoms with Gasteiger partial charge in [0, 0.05) is 6.42 Å². The molecular weight excluding hydrogens is 148 g/mol. The molecule has 1 radical (unpaired) electrons. The number of nitrogens with zero attached hydrogens (tertiary/aromatic N) is 2. The SMILES string of the molecule is [N-]=[N+]=C1CCCCC12[CH]CCC2. The monoisotopic (exact) mass is 163 g/mol. The zero-order chi connectivity index (χ0) is 8.44. The quantitative estimate of drug-likeness (QED) is 0.389. The third-order valence-corrected chi connectivity index (χ3v) is 3.34. The maximum Gasteiger partial charge on any atom is 0.275 e. The van der Waals surface area contributed by atoms with Crippen molar-refractivity contribution in [3.05, 3.63) is 12.0 Å². The van der Waals surface area contributed by atoms with Crippen LogP contribution in [0.3, 0.4) is 0 Å². The van der Waals surface area contributed by atoms with E-state index in [-0.39, 0.29) is 5.41 Å². The predicted molar refractivity (Wildman–Crippen MR) is 47.7 cm³/mol. The van der Waals surface area contributed by atoms with E-state index in [2.05, 4.69) is 11.2 Å². The topological polar surface area (TPSA) is 36.4 Å². The molecule has 0 saturated heterocycles. The lowest BCUT2D eigenvalue weighted by Gasteiger charge is -2.27. The van der Waals surface area contributed by atoms with Gasteiger partial charge in [0.05, 0.1) is 5.41 Å². The summed E-state index contributed by atoms with van der Waals surface area (Å²) >= 11 is 0. The molecule has 0 N–H and O–H groups in total. The Hall–Kier alpha value is -0.620. The van der Waals surface area contributed by atoms with Crippen molar-refractivity contribution >= 4 is 5.71 Å². The van der Waals surface area contributed by atoms with Gasteiger partial charge in [0.15, 0.2) is 0 Å². The van der Waals surface area contributed by atoms with Crippen LogP contribution in [0.4, 0.5) is 0 Å². The molecule has 65 valence electrons. The fraction of sp³-hybridized carbons (Fsp3) is 0.800. The van der Waals surface area contributed by atoms with Gasteiger partial charge in [-0.3, -0.25) is 0 Å². The number of rotatable bonds is 0. The Kier molecular flexibility index (Phi) is 2.02. The van der Waals surface area contributed by atoms with Crippen LogP contribution in [0, 0.1) is 11.8 Å². The lowest BCUT2D eigenvalue weighted by Crippen LogP contribution is -2.32. The minimum atomic E-state index is 0.215. The molecule has 0 heterocycles. The van der Waals surface area contributed by atoms with Crippen LogP contribution in [-0.4, -0.2) is 10.5 Å². The Morgan fingerprint density at radius 1 is 1.25 bits per heavy atom. The first-order valence-corrected chi connectivity index (χ1v) is 4.93. The lowest BCUT2D eigenvalue weighted by molar-refractivity contribution is -0.0250. The largest absolute Gasteiger partial charge is 0.362 e. The van der Waals surface area contributed by atoms with Crippen LogP contribution in [0.25, 0.3) is 5.53 Å². The van der Waals surface area contributed by atoms with Crippen LogP contribution in [-0.2, 0) is 0 Å². The average molecular weight is 163 g/mol. The molecule has 1 spiro atoms. The summed E-state index contributed by atoms with van der Waals surface area (Å²) in [5, 5.41) is 0. The molecule has 0 aromatic rings.